The molecule has 0 amide bonds. The number of hydrogen-bond acceptors (Lipinski definition) is 6. The summed E-state index contributed by atoms with van der Waals surface area (Å²) in [5.74, 6) is 0.275. The molecule has 1 aromatic rings. The number of nitrogens with one attached hydrogen (secondary N) is 1. The molecule has 18 heavy (non-hydrogen) atoms. The van der Waals surface area contributed by atoms with Crippen LogP contribution in [0, 0.1) is 13.8 Å². The van der Waals surface area contributed by atoms with Crippen molar-refractivity contribution in [3.8, 4) is 0 Å². The average Bonchev–Trinajstić information content (AvgIpc) is 2.64. The van der Waals surface area contributed by atoms with Crippen molar-refractivity contribution in [2.75, 3.05) is 26.4 Å². The first kappa shape index (κ1) is 15.1. The highest BCUT2D eigenvalue weighted by molar-refractivity contribution is 7.89. The Labute approximate surface area is 106 Å². The maximum Gasteiger partial charge on any atom is 0.245 e. The minimum absolute atomic E-state index is 0.0369. The number of hydrogen-bond donors (Lipinski definition) is 2. The van der Waals surface area contributed by atoms with Crippen LogP contribution in [0.1, 0.15) is 17.9 Å². The predicted octanol–water partition coefficient (Wildman–Crippen LogP) is -0.0313. The average molecular weight is 278 g/mol. The first-order valence-electron chi connectivity index (χ1n) is 5.60. The van der Waals surface area contributed by atoms with Crippen LogP contribution in [-0.2, 0) is 14.8 Å². The molecular formula is C10H18N2O5S. The largest absolute Gasteiger partial charge is 0.394 e. The maximum absolute atomic E-state index is 11.9. The fraction of sp³-hybridized carbons (Fsp3) is 0.700. The third kappa shape index (κ3) is 4.05. The van der Waals surface area contributed by atoms with Crippen molar-refractivity contribution in [3.05, 3.63) is 11.5 Å². The van der Waals surface area contributed by atoms with E-state index in [1.54, 1.807) is 13.8 Å². The van der Waals surface area contributed by atoms with Crippen molar-refractivity contribution in [1.29, 1.82) is 0 Å². The number of nitrogens with zero attached hydrogens (tertiary/aromatic N) is 1. The highest BCUT2D eigenvalue weighted by atomic mass is 32.2. The summed E-state index contributed by atoms with van der Waals surface area (Å²) in [5, 5.41) is 12.1. The summed E-state index contributed by atoms with van der Waals surface area (Å²) in [7, 11) is -3.58. The van der Waals surface area contributed by atoms with E-state index in [9.17, 15) is 8.42 Å². The smallest absolute Gasteiger partial charge is 0.245 e. The summed E-state index contributed by atoms with van der Waals surface area (Å²) < 4.78 is 36.2. The van der Waals surface area contributed by atoms with Crippen molar-refractivity contribution in [2.45, 2.75) is 25.2 Å². The number of rotatable bonds is 8. The molecule has 0 radical (unpaired) electrons. The molecule has 104 valence electrons. The summed E-state index contributed by atoms with van der Waals surface area (Å²) in [6.45, 7) is 4.01. The van der Waals surface area contributed by atoms with Gasteiger partial charge in [0.15, 0.2) is 5.76 Å². The van der Waals surface area contributed by atoms with Crippen LogP contribution in [-0.4, -0.2) is 45.0 Å². The second-order valence-corrected chi connectivity index (χ2v) is 5.44. The first-order chi connectivity index (χ1) is 8.49. The quantitative estimate of drug-likeness (QED) is 0.647. The van der Waals surface area contributed by atoms with E-state index in [0.717, 1.165) is 0 Å². The molecule has 0 saturated carbocycles. The molecule has 0 bridgehead atoms. The maximum atomic E-state index is 11.9. The molecule has 0 atom stereocenters. The lowest BCUT2D eigenvalue weighted by Crippen LogP contribution is -2.26. The van der Waals surface area contributed by atoms with E-state index in [1.165, 1.54) is 0 Å². The molecule has 0 unspecified atom stereocenters. The van der Waals surface area contributed by atoms with E-state index in [0.29, 0.717) is 18.7 Å². The molecule has 0 aliphatic rings. The third-order valence-corrected chi connectivity index (χ3v) is 3.93. The van der Waals surface area contributed by atoms with Gasteiger partial charge in [-0.1, -0.05) is 5.16 Å². The highest BCUT2D eigenvalue weighted by Gasteiger charge is 2.23. The molecule has 0 aliphatic carbocycles. The highest BCUT2D eigenvalue weighted by Crippen LogP contribution is 2.18. The molecule has 1 heterocycles. The van der Waals surface area contributed by atoms with Gasteiger partial charge in [0.2, 0.25) is 10.0 Å². The van der Waals surface area contributed by atoms with E-state index in [4.69, 9.17) is 14.4 Å². The Kier molecular flexibility index (Phi) is 5.73. The number of ether oxygens (including phenoxy) is 1. The molecule has 0 spiro atoms. The Morgan fingerprint density at radius 1 is 1.39 bits per heavy atom. The van der Waals surface area contributed by atoms with Crippen LogP contribution >= 0.6 is 0 Å². The molecule has 7 nitrogen and oxygen atoms in total. The lowest BCUT2D eigenvalue weighted by molar-refractivity contribution is 0.0913. The van der Waals surface area contributed by atoms with E-state index in [1.807, 2.05) is 0 Å². The lowest BCUT2D eigenvalue weighted by atomic mass is 10.4. The van der Waals surface area contributed by atoms with Gasteiger partial charge in [-0.15, -0.1) is 0 Å². The van der Waals surface area contributed by atoms with Gasteiger partial charge in [-0.2, -0.15) is 0 Å². The SMILES string of the molecule is Cc1noc(C)c1S(=O)(=O)NCCCOCCO. The summed E-state index contributed by atoms with van der Waals surface area (Å²) >= 11 is 0. The molecular weight excluding hydrogens is 260 g/mol. The second-order valence-electron chi connectivity index (χ2n) is 3.74. The van der Waals surface area contributed by atoms with E-state index >= 15 is 0 Å². The first-order valence-corrected chi connectivity index (χ1v) is 7.08. The van der Waals surface area contributed by atoms with Gasteiger partial charge in [0.25, 0.3) is 0 Å². The summed E-state index contributed by atoms with van der Waals surface area (Å²) in [5.41, 5.74) is 0.344. The normalized spacial score (nSPS) is 11.9. The molecule has 2 N–H and O–H groups in total. The number of aliphatic hydroxyl groups is 1. The van der Waals surface area contributed by atoms with Crippen LogP contribution < -0.4 is 4.72 Å². The van der Waals surface area contributed by atoms with Crippen molar-refractivity contribution < 1.29 is 22.8 Å². The molecule has 0 aromatic carbocycles. The zero-order chi connectivity index (χ0) is 13.6. The zero-order valence-corrected chi connectivity index (χ0v) is 11.3. The predicted molar refractivity (Wildman–Crippen MR) is 63.7 cm³/mol. The van der Waals surface area contributed by atoms with Crippen LogP contribution in [0.25, 0.3) is 0 Å². The van der Waals surface area contributed by atoms with Crippen molar-refractivity contribution in [2.24, 2.45) is 0 Å². The fourth-order valence-electron chi connectivity index (χ4n) is 1.48. The monoisotopic (exact) mass is 278 g/mol. The Balaban J connectivity index is 2.46. The molecule has 1 rings (SSSR count). The molecule has 0 saturated heterocycles. The molecule has 0 fully saturated rings. The van der Waals surface area contributed by atoms with Crippen LogP contribution in [0.2, 0.25) is 0 Å². The molecule has 0 aliphatic heterocycles. The van der Waals surface area contributed by atoms with Crippen molar-refractivity contribution in [1.82, 2.24) is 9.88 Å². The molecule has 8 heteroatoms. The van der Waals surface area contributed by atoms with Crippen molar-refractivity contribution >= 4 is 10.0 Å². The van der Waals surface area contributed by atoms with Crippen LogP contribution in [0.15, 0.2) is 9.42 Å². The van der Waals surface area contributed by atoms with Gasteiger partial charge in [0.05, 0.1) is 13.2 Å². The minimum Gasteiger partial charge on any atom is -0.394 e. The number of aryl methyl sites for hydroxylation is 2. The number of aromatic nitrogens is 1. The van der Waals surface area contributed by atoms with Gasteiger partial charge in [-0.3, -0.25) is 0 Å². The zero-order valence-electron chi connectivity index (χ0n) is 10.5. The van der Waals surface area contributed by atoms with E-state index in [2.05, 4.69) is 9.88 Å². The summed E-state index contributed by atoms with van der Waals surface area (Å²) in [6.07, 6.45) is 0.530. The summed E-state index contributed by atoms with van der Waals surface area (Å²) in [4.78, 5) is 0.0961. The second kappa shape index (κ2) is 6.83. The topological polar surface area (TPSA) is 102 Å². The Bertz CT molecular complexity index is 449. The van der Waals surface area contributed by atoms with E-state index in [-0.39, 0.29) is 30.4 Å². The molecule has 1 aromatic heterocycles. The lowest BCUT2D eigenvalue weighted by Gasteiger charge is -2.06. The minimum atomic E-state index is -3.58. The third-order valence-electron chi connectivity index (χ3n) is 2.23. The van der Waals surface area contributed by atoms with Gasteiger partial charge in [0.1, 0.15) is 10.6 Å². The van der Waals surface area contributed by atoms with Gasteiger partial charge < -0.3 is 14.4 Å². The number of sulfonamides is 1. The van der Waals surface area contributed by atoms with Gasteiger partial charge in [-0.25, -0.2) is 13.1 Å². The van der Waals surface area contributed by atoms with Crippen molar-refractivity contribution in [3.63, 3.8) is 0 Å². The van der Waals surface area contributed by atoms with Crippen LogP contribution in [0.5, 0.6) is 0 Å². The van der Waals surface area contributed by atoms with Gasteiger partial charge in [-0.05, 0) is 20.3 Å². The Hall–Kier alpha value is -0.960. The van der Waals surface area contributed by atoms with Crippen LogP contribution in [0.4, 0.5) is 0 Å². The number of aliphatic hydroxyl groups excluding tert-OH is 1. The Morgan fingerprint density at radius 2 is 2.11 bits per heavy atom. The van der Waals surface area contributed by atoms with Crippen LogP contribution in [0.3, 0.4) is 0 Å². The van der Waals surface area contributed by atoms with Gasteiger partial charge in [0, 0.05) is 13.2 Å². The van der Waals surface area contributed by atoms with E-state index < -0.39 is 10.0 Å². The standard InChI is InChI=1S/C10H18N2O5S/c1-8-10(9(2)17-12-8)18(14,15)11-4-3-6-16-7-5-13/h11,13H,3-7H2,1-2H3. The summed E-state index contributed by atoms with van der Waals surface area (Å²) in [6, 6.07) is 0. The fourth-order valence-corrected chi connectivity index (χ4v) is 2.88. The Morgan fingerprint density at radius 3 is 2.67 bits per heavy atom. The van der Waals surface area contributed by atoms with Gasteiger partial charge >= 0.3 is 0 Å².